The fraction of sp³-hybridized carbons (Fsp3) is 0.556. The van der Waals surface area contributed by atoms with Crippen molar-refractivity contribution in [3.63, 3.8) is 0 Å². The maximum atomic E-state index is 12.6. The Morgan fingerprint density at radius 3 is 2.21 bits per heavy atom. The summed E-state index contributed by atoms with van der Waals surface area (Å²) >= 11 is 0. The average Bonchev–Trinajstić information content (AvgIpc) is 2.65. The summed E-state index contributed by atoms with van der Waals surface area (Å²) < 4.78 is 62.1. The number of hydrogen-bond donors (Lipinski definition) is 1. The van der Waals surface area contributed by atoms with Gasteiger partial charge < -0.3 is 10.2 Å². The summed E-state index contributed by atoms with van der Waals surface area (Å²) in [6.07, 6.45) is -3.40. The van der Waals surface area contributed by atoms with E-state index in [0.717, 1.165) is 12.1 Å². The van der Waals surface area contributed by atoms with Crippen LogP contribution in [0, 0.1) is 0 Å². The van der Waals surface area contributed by atoms with Crippen molar-refractivity contribution in [3.05, 3.63) is 35.4 Å². The SMILES string of the molecule is CNC(=O)CS(=O)(=O)C1CCN(C(=O)CCc2ccc(C(F)(F)F)cc2)CC1. The highest BCUT2D eigenvalue weighted by molar-refractivity contribution is 7.92. The second kappa shape index (κ2) is 8.93. The summed E-state index contributed by atoms with van der Waals surface area (Å²) in [5.41, 5.74) is -0.105. The number of carbonyl (C=O) groups excluding carboxylic acids is 2. The van der Waals surface area contributed by atoms with E-state index in [1.165, 1.54) is 19.2 Å². The molecule has 1 aromatic carbocycles. The minimum absolute atomic E-state index is 0.140. The van der Waals surface area contributed by atoms with E-state index < -0.39 is 38.5 Å². The van der Waals surface area contributed by atoms with E-state index in [9.17, 15) is 31.2 Å². The van der Waals surface area contributed by atoms with Crippen LogP contribution in [-0.2, 0) is 32.0 Å². The smallest absolute Gasteiger partial charge is 0.358 e. The number of alkyl halides is 3. The first-order chi connectivity index (χ1) is 13.0. The minimum atomic E-state index is -4.39. The summed E-state index contributed by atoms with van der Waals surface area (Å²) in [5, 5.41) is 1.64. The van der Waals surface area contributed by atoms with E-state index in [2.05, 4.69) is 5.32 Å². The number of halogens is 3. The zero-order valence-electron chi connectivity index (χ0n) is 15.5. The summed E-state index contributed by atoms with van der Waals surface area (Å²) in [5.74, 6) is -1.28. The summed E-state index contributed by atoms with van der Waals surface area (Å²) in [7, 11) is -2.19. The van der Waals surface area contributed by atoms with Crippen LogP contribution in [0.25, 0.3) is 0 Å². The van der Waals surface area contributed by atoms with Gasteiger partial charge in [-0.1, -0.05) is 12.1 Å². The number of nitrogens with zero attached hydrogens (tertiary/aromatic N) is 1. The summed E-state index contributed by atoms with van der Waals surface area (Å²) in [6.45, 7) is 0.562. The molecule has 10 heteroatoms. The van der Waals surface area contributed by atoms with Crippen molar-refractivity contribution in [3.8, 4) is 0 Å². The van der Waals surface area contributed by atoms with Gasteiger partial charge in [0.25, 0.3) is 0 Å². The molecular formula is C18H23F3N2O4S. The Hall–Kier alpha value is -2.10. The van der Waals surface area contributed by atoms with Crippen molar-refractivity contribution in [2.24, 2.45) is 0 Å². The van der Waals surface area contributed by atoms with Crippen molar-refractivity contribution in [1.82, 2.24) is 10.2 Å². The van der Waals surface area contributed by atoms with Gasteiger partial charge in [0.05, 0.1) is 10.8 Å². The standard InChI is InChI=1S/C18H23F3N2O4S/c1-22-16(24)12-28(26,27)15-8-10-23(11-9-15)17(25)7-4-13-2-5-14(6-3-13)18(19,20)21/h2-3,5-6,15H,4,7-12H2,1H3,(H,22,24). The highest BCUT2D eigenvalue weighted by Crippen LogP contribution is 2.29. The fourth-order valence-corrected chi connectivity index (χ4v) is 4.78. The Kier molecular flexibility index (Phi) is 7.08. The van der Waals surface area contributed by atoms with Crippen LogP contribution >= 0.6 is 0 Å². The molecule has 0 spiro atoms. The number of rotatable bonds is 6. The van der Waals surface area contributed by atoms with Crippen LogP contribution in [-0.4, -0.2) is 56.3 Å². The van der Waals surface area contributed by atoms with Gasteiger partial charge in [0.15, 0.2) is 9.84 Å². The monoisotopic (exact) mass is 420 g/mol. The van der Waals surface area contributed by atoms with Gasteiger partial charge >= 0.3 is 6.18 Å². The molecule has 1 saturated heterocycles. The van der Waals surface area contributed by atoms with Gasteiger partial charge in [-0.2, -0.15) is 13.2 Å². The molecule has 1 heterocycles. The van der Waals surface area contributed by atoms with E-state index >= 15 is 0 Å². The van der Waals surface area contributed by atoms with Crippen LogP contribution in [0.3, 0.4) is 0 Å². The van der Waals surface area contributed by atoms with E-state index in [0.29, 0.717) is 12.0 Å². The molecule has 0 atom stereocenters. The number of hydrogen-bond acceptors (Lipinski definition) is 4. The third-order valence-electron chi connectivity index (χ3n) is 4.82. The van der Waals surface area contributed by atoms with Gasteiger partial charge in [-0.25, -0.2) is 8.42 Å². The number of aryl methyl sites for hydroxylation is 1. The van der Waals surface area contributed by atoms with Crippen molar-refractivity contribution in [2.75, 3.05) is 25.9 Å². The topological polar surface area (TPSA) is 83.6 Å². The second-order valence-electron chi connectivity index (χ2n) is 6.76. The molecule has 156 valence electrons. The van der Waals surface area contributed by atoms with Gasteiger partial charge in [-0.3, -0.25) is 9.59 Å². The molecule has 0 radical (unpaired) electrons. The lowest BCUT2D eigenvalue weighted by molar-refractivity contribution is -0.137. The molecule has 6 nitrogen and oxygen atoms in total. The third kappa shape index (κ3) is 5.95. The number of sulfone groups is 1. The average molecular weight is 420 g/mol. The molecule has 2 rings (SSSR count). The lowest BCUT2D eigenvalue weighted by atomic mass is 10.1. The van der Waals surface area contributed by atoms with Crippen LogP contribution in [0.1, 0.15) is 30.4 Å². The maximum Gasteiger partial charge on any atom is 0.416 e. The maximum absolute atomic E-state index is 12.6. The number of amides is 2. The Balaban J connectivity index is 1.83. The Morgan fingerprint density at radius 1 is 1.14 bits per heavy atom. The number of benzene rings is 1. The Morgan fingerprint density at radius 2 is 1.71 bits per heavy atom. The van der Waals surface area contributed by atoms with E-state index in [-0.39, 0.29) is 38.3 Å². The van der Waals surface area contributed by atoms with Gasteiger partial charge in [-0.05, 0) is 37.0 Å². The molecule has 0 saturated carbocycles. The van der Waals surface area contributed by atoms with E-state index in [4.69, 9.17) is 0 Å². The fourth-order valence-electron chi connectivity index (χ4n) is 3.11. The zero-order valence-corrected chi connectivity index (χ0v) is 16.3. The van der Waals surface area contributed by atoms with Crippen LogP contribution in [0.4, 0.5) is 13.2 Å². The largest absolute Gasteiger partial charge is 0.416 e. The predicted octanol–water partition coefficient (Wildman–Crippen LogP) is 1.79. The Bertz CT molecular complexity index is 799. The highest BCUT2D eigenvalue weighted by atomic mass is 32.2. The van der Waals surface area contributed by atoms with Gasteiger partial charge in [0.2, 0.25) is 11.8 Å². The first kappa shape index (κ1) is 22.2. The number of carbonyl (C=O) groups is 2. The van der Waals surface area contributed by atoms with Gasteiger partial charge in [0, 0.05) is 26.6 Å². The van der Waals surface area contributed by atoms with E-state index in [1.807, 2.05) is 0 Å². The van der Waals surface area contributed by atoms with Crippen LogP contribution in [0.2, 0.25) is 0 Å². The molecule has 0 bridgehead atoms. The first-order valence-corrected chi connectivity index (χ1v) is 10.6. The lowest BCUT2D eigenvalue weighted by Crippen LogP contribution is -2.44. The predicted molar refractivity (Wildman–Crippen MR) is 97.2 cm³/mol. The van der Waals surface area contributed by atoms with Crippen LogP contribution in [0.5, 0.6) is 0 Å². The van der Waals surface area contributed by atoms with Gasteiger partial charge in [-0.15, -0.1) is 0 Å². The second-order valence-corrected chi connectivity index (χ2v) is 9.04. The minimum Gasteiger partial charge on any atom is -0.358 e. The molecule has 0 aliphatic carbocycles. The number of likely N-dealkylation sites (tertiary alicyclic amines) is 1. The molecule has 1 aliphatic rings. The van der Waals surface area contributed by atoms with Crippen molar-refractivity contribution >= 4 is 21.7 Å². The molecular weight excluding hydrogens is 397 g/mol. The molecule has 0 unspecified atom stereocenters. The summed E-state index contributed by atoms with van der Waals surface area (Å²) in [4.78, 5) is 25.2. The first-order valence-electron chi connectivity index (χ1n) is 8.89. The van der Waals surface area contributed by atoms with Crippen LogP contribution < -0.4 is 5.32 Å². The normalized spacial score (nSPS) is 16.1. The number of nitrogens with one attached hydrogen (secondary N) is 1. The van der Waals surface area contributed by atoms with Crippen molar-refractivity contribution < 1.29 is 31.2 Å². The summed E-state index contributed by atoms with van der Waals surface area (Å²) in [6, 6.07) is 4.69. The molecule has 1 aliphatic heterocycles. The van der Waals surface area contributed by atoms with Crippen molar-refractivity contribution in [1.29, 1.82) is 0 Å². The molecule has 2 amide bonds. The zero-order chi connectivity index (χ0) is 20.9. The molecule has 1 aromatic rings. The van der Waals surface area contributed by atoms with E-state index in [1.54, 1.807) is 4.90 Å². The highest BCUT2D eigenvalue weighted by Gasteiger charge is 2.33. The molecule has 28 heavy (non-hydrogen) atoms. The van der Waals surface area contributed by atoms with Gasteiger partial charge in [0.1, 0.15) is 5.75 Å². The quantitative estimate of drug-likeness (QED) is 0.761. The number of piperidine rings is 1. The third-order valence-corrected chi connectivity index (χ3v) is 6.97. The molecule has 1 fully saturated rings. The lowest BCUT2D eigenvalue weighted by Gasteiger charge is -2.31. The molecule has 1 N–H and O–H groups in total. The van der Waals surface area contributed by atoms with Crippen LogP contribution in [0.15, 0.2) is 24.3 Å². The Labute approximate surface area is 162 Å². The molecule has 0 aromatic heterocycles. The van der Waals surface area contributed by atoms with Crippen molar-refractivity contribution in [2.45, 2.75) is 37.1 Å².